The highest BCUT2D eigenvalue weighted by molar-refractivity contribution is 5.99. The molecule has 0 aliphatic carbocycles. The van der Waals surface area contributed by atoms with Gasteiger partial charge < -0.3 is 10.4 Å². The van der Waals surface area contributed by atoms with E-state index in [0.29, 0.717) is 12.1 Å². The fraction of sp³-hybridized carbons (Fsp3) is 0.200. The van der Waals surface area contributed by atoms with Gasteiger partial charge in [-0.2, -0.15) is 5.10 Å². The van der Waals surface area contributed by atoms with Crippen LogP contribution in [0.25, 0.3) is 11.3 Å². The van der Waals surface area contributed by atoms with Gasteiger partial charge in [-0.25, -0.2) is 4.39 Å². The zero-order valence-electron chi connectivity index (χ0n) is 14.4. The maximum Gasteiger partial charge on any atom is 0.255 e. The van der Waals surface area contributed by atoms with Crippen molar-refractivity contribution in [2.75, 3.05) is 6.61 Å². The van der Waals surface area contributed by atoms with Crippen molar-refractivity contribution < 1.29 is 14.3 Å². The van der Waals surface area contributed by atoms with Gasteiger partial charge in [0.25, 0.3) is 5.91 Å². The Labute approximate surface area is 150 Å². The summed E-state index contributed by atoms with van der Waals surface area (Å²) in [6.07, 6.45) is 1.86. The predicted molar refractivity (Wildman–Crippen MR) is 97.2 cm³/mol. The van der Waals surface area contributed by atoms with Gasteiger partial charge in [0.1, 0.15) is 5.82 Å². The standard InChI is InChI=1S/C20H20FN3O2/c1-13-5-4-6-14(9-13)10-15(12-25)23-20(26)17-11-22-24-19(17)16-7-2-3-8-18(16)21/h2-9,11,15,25H,10,12H2,1H3,(H,22,24)(H,23,26). The van der Waals surface area contributed by atoms with E-state index >= 15 is 0 Å². The van der Waals surface area contributed by atoms with Crippen LogP contribution in [-0.2, 0) is 6.42 Å². The van der Waals surface area contributed by atoms with E-state index in [2.05, 4.69) is 15.5 Å². The van der Waals surface area contributed by atoms with Gasteiger partial charge in [0, 0.05) is 5.56 Å². The van der Waals surface area contributed by atoms with Gasteiger partial charge in [-0.05, 0) is 31.0 Å². The Kier molecular flexibility index (Phi) is 5.43. The van der Waals surface area contributed by atoms with E-state index in [-0.39, 0.29) is 17.7 Å². The molecule has 0 fully saturated rings. The normalized spacial score (nSPS) is 12.0. The quantitative estimate of drug-likeness (QED) is 0.638. The molecule has 3 aromatic rings. The number of carbonyl (C=O) groups is 1. The number of nitrogens with one attached hydrogen (secondary N) is 2. The largest absolute Gasteiger partial charge is 0.394 e. The average molecular weight is 353 g/mol. The fourth-order valence-electron chi connectivity index (χ4n) is 2.88. The second-order valence-electron chi connectivity index (χ2n) is 6.18. The molecule has 134 valence electrons. The van der Waals surface area contributed by atoms with Gasteiger partial charge in [-0.3, -0.25) is 9.89 Å². The summed E-state index contributed by atoms with van der Waals surface area (Å²) in [6.45, 7) is 1.79. The van der Waals surface area contributed by atoms with Crippen LogP contribution < -0.4 is 5.32 Å². The minimum atomic E-state index is -0.451. The van der Waals surface area contributed by atoms with Crippen LogP contribution in [0.3, 0.4) is 0 Å². The van der Waals surface area contributed by atoms with Crippen LogP contribution in [0.5, 0.6) is 0 Å². The minimum Gasteiger partial charge on any atom is -0.394 e. The summed E-state index contributed by atoms with van der Waals surface area (Å²) in [5.74, 6) is -0.854. The SMILES string of the molecule is Cc1cccc(CC(CO)NC(=O)c2cn[nH]c2-c2ccccc2F)c1. The number of aryl methyl sites for hydroxylation is 1. The Balaban J connectivity index is 1.77. The zero-order chi connectivity index (χ0) is 18.5. The molecule has 1 amide bonds. The topological polar surface area (TPSA) is 78.0 Å². The van der Waals surface area contributed by atoms with Crippen LogP contribution in [0.15, 0.2) is 54.7 Å². The Bertz CT molecular complexity index is 907. The number of halogens is 1. The first-order chi connectivity index (χ1) is 12.6. The van der Waals surface area contributed by atoms with Gasteiger partial charge in [0.2, 0.25) is 0 Å². The van der Waals surface area contributed by atoms with E-state index in [0.717, 1.165) is 11.1 Å². The molecule has 2 aromatic carbocycles. The highest BCUT2D eigenvalue weighted by atomic mass is 19.1. The summed E-state index contributed by atoms with van der Waals surface area (Å²) in [5, 5.41) is 19.0. The monoisotopic (exact) mass is 353 g/mol. The number of hydrogen-bond acceptors (Lipinski definition) is 3. The summed E-state index contributed by atoms with van der Waals surface area (Å²) >= 11 is 0. The molecule has 0 radical (unpaired) electrons. The first-order valence-electron chi connectivity index (χ1n) is 8.34. The van der Waals surface area contributed by atoms with Crippen molar-refractivity contribution in [2.45, 2.75) is 19.4 Å². The van der Waals surface area contributed by atoms with Gasteiger partial charge in [-0.1, -0.05) is 42.0 Å². The second kappa shape index (κ2) is 7.93. The third kappa shape index (κ3) is 3.97. The number of benzene rings is 2. The molecule has 1 unspecified atom stereocenters. The molecule has 5 nitrogen and oxygen atoms in total. The summed E-state index contributed by atoms with van der Waals surface area (Å²) in [5.41, 5.74) is 2.95. The minimum absolute atomic E-state index is 0.202. The van der Waals surface area contributed by atoms with Crippen molar-refractivity contribution >= 4 is 5.91 Å². The molecule has 6 heteroatoms. The lowest BCUT2D eigenvalue weighted by molar-refractivity contribution is 0.0917. The lowest BCUT2D eigenvalue weighted by Gasteiger charge is -2.17. The lowest BCUT2D eigenvalue weighted by Crippen LogP contribution is -2.39. The molecule has 0 aliphatic rings. The maximum absolute atomic E-state index is 14.0. The molecule has 1 atom stereocenters. The molecule has 1 heterocycles. The Morgan fingerprint density at radius 1 is 1.27 bits per heavy atom. The van der Waals surface area contributed by atoms with E-state index in [4.69, 9.17) is 0 Å². The van der Waals surface area contributed by atoms with Gasteiger partial charge in [0.15, 0.2) is 0 Å². The molecule has 3 rings (SSSR count). The van der Waals surface area contributed by atoms with E-state index in [1.165, 1.54) is 12.3 Å². The number of hydrogen-bond donors (Lipinski definition) is 3. The number of carbonyl (C=O) groups excluding carboxylic acids is 1. The summed E-state index contributed by atoms with van der Waals surface area (Å²) < 4.78 is 14.0. The number of H-pyrrole nitrogens is 1. The van der Waals surface area contributed by atoms with E-state index in [9.17, 15) is 14.3 Å². The van der Waals surface area contributed by atoms with Crippen molar-refractivity contribution in [3.63, 3.8) is 0 Å². The first-order valence-corrected chi connectivity index (χ1v) is 8.34. The van der Waals surface area contributed by atoms with Crippen LogP contribution in [0.4, 0.5) is 4.39 Å². The van der Waals surface area contributed by atoms with Crippen molar-refractivity contribution in [3.05, 3.63) is 77.2 Å². The van der Waals surface area contributed by atoms with Crippen molar-refractivity contribution in [2.24, 2.45) is 0 Å². The van der Waals surface area contributed by atoms with E-state index < -0.39 is 17.8 Å². The first kappa shape index (κ1) is 17.8. The van der Waals surface area contributed by atoms with Gasteiger partial charge in [0.05, 0.1) is 30.1 Å². The molecule has 3 N–H and O–H groups in total. The maximum atomic E-state index is 14.0. The van der Waals surface area contributed by atoms with Crippen molar-refractivity contribution in [1.82, 2.24) is 15.5 Å². The third-order valence-electron chi connectivity index (χ3n) is 4.15. The molecule has 0 bridgehead atoms. The van der Waals surface area contributed by atoms with Crippen molar-refractivity contribution in [3.8, 4) is 11.3 Å². The summed E-state index contributed by atoms with van der Waals surface area (Å²) in [6, 6.07) is 13.6. The predicted octanol–water partition coefficient (Wildman–Crippen LogP) is 2.86. The number of aliphatic hydroxyl groups is 1. The van der Waals surface area contributed by atoms with Crippen LogP contribution >= 0.6 is 0 Å². The smallest absolute Gasteiger partial charge is 0.255 e. The summed E-state index contributed by atoms with van der Waals surface area (Å²) in [7, 11) is 0. The number of aromatic nitrogens is 2. The number of rotatable bonds is 6. The van der Waals surface area contributed by atoms with Gasteiger partial charge >= 0.3 is 0 Å². The van der Waals surface area contributed by atoms with Crippen LogP contribution in [0.2, 0.25) is 0 Å². The molecule has 0 aliphatic heterocycles. The molecule has 0 saturated heterocycles. The third-order valence-corrected chi connectivity index (χ3v) is 4.15. The van der Waals surface area contributed by atoms with E-state index in [1.807, 2.05) is 31.2 Å². The number of nitrogens with zero attached hydrogens (tertiary/aromatic N) is 1. The average Bonchev–Trinajstić information content (AvgIpc) is 3.11. The number of amides is 1. The number of aromatic amines is 1. The Morgan fingerprint density at radius 2 is 2.08 bits per heavy atom. The highest BCUT2D eigenvalue weighted by Gasteiger charge is 2.20. The Morgan fingerprint density at radius 3 is 2.81 bits per heavy atom. The second-order valence-corrected chi connectivity index (χ2v) is 6.18. The molecule has 0 spiro atoms. The lowest BCUT2D eigenvalue weighted by atomic mass is 10.0. The summed E-state index contributed by atoms with van der Waals surface area (Å²) in [4.78, 5) is 12.6. The number of aliphatic hydroxyl groups excluding tert-OH is 1. The fourth-order valence-corrected chi connectivity index (χ4v) is 2.88. The highest BCUT2D eigenvalue weighted by Crippen LogP contribution is 2.24. The molecule has 0 saturated carbocycles. The molecule has 1 aromatic heterocycles. The van der Waals surface area contributed by atoms with Crippen LogP contribution in [-0.4, -0.2) is 33.9 Å². The zero-order valence-corrected chi connectivity index (χ0v) is 14.4. The van der Waals surface area contributed by atoms with Crippen LogP contribution in [0.1, 0.15) is 21.5 Å². The van der Waals surface area contributed by atoms with Crippen LogP contribution in [0, 0.1) is 12.7 Å². The Hall–Kier alpha value is -2.99. The van der Waals surface area contributed by atoms with E-state index in [1.54, 1.807) is 18.2 Å². The van der Waals surface area contributed by atoms with Crippen molar-refractivity contribution in [1.29, 1.82) is 0 Å². The molecular formula is C20H20FN3O2. The van der Waals surface area contributed by atoms with Gasteiger partial charge in [-0.15, -0.1) is 0 Å². The molecular weight excluding hydrogens is 333 g/mol. The molecule has 26 heavy (non-hydrogen) atoms.